The van der Waals surface area contributed by atoms with Crippen molar-refractivity contribution in [3.05, 3.63) is 66.0 Å². The minimum Gasteiger partial charge on any atom is -0.311 e. The molecule has 0 spiro atoms. The lowest BCUT2D eigenvalue weighted by molar-refractivity contribution is 0.102. The molecule has 104 valence electrons. The smallest absolute Gasteiger partial charge is 0.274 e. The maximum absolute atomic E-state index is 12.0. The third kappa shape index (κ3) is 3.14. The van der Waals surface area contributed by atoms with Crippen LogP contribution in [0, 0.1) is 6.92 Å². The van der Waals surface area contributed by atoms with Crippen LogP contribution in [0.15, 0.2) is 54.7 Å². The second-order valence-corrected chi connectivity index (χ2v) is 5.42. The monoisotopic (exact) mass is 295 g/mol. The molecule has 21 heavy (non-hydrogen) atoms. The summed E-state index contributed by atoms with van der Waals surface area (Å²) in [7, 11) is 0. The highest BCUT2D eigenvalue weighted by Crippen LogP contribution is 2.25. The van der Waals surface area contributed by atoms with Gasteiger partial charge in [0.1, 0.15) is 10.7 Å². The molecule has 0 saturated heterocycles. The van der Waals surface area contributed by atoms with E-state index in [2.05, 4.69) is 14.7 Å². The number of aromatic nitrogens is 2. The maximum atomic E-state index is 12.0. The van der Waals surface area contributed by atoms with E-state index in [1.165, 1.54) is 17.1 Å². The third-order valence-corrected chi connectivity index (χ3v) is 3.70. The quantitative estimate of drug-likeness (QED) is 0.800. The average molecular weight is 295 g/mol. The number of benzene rings is 1. The van der Waals surface area contributed by atoms with Gasteiger partial charge in [0.2, 0.25) is 0 Å². The number of aryl methyl sites for hydroxylation is 1. The van der Waals surface area contributed by atoms with Crippen LogP contribution in [0.5, 0.6) is 0 Å². The van der Waals surface area contributed by atoms with Crippen LogP contribution < -0.4 is 5.32 Å². The molecule has 3 rings (SSSR count). The Labute approximate surface area is 126 Å². The molecule has 0 bridgehead atoms. The van der Waals surface area contributed by atoms with E-state index in [0.717, 1.165) is 11.3 Å². The van der Waals surface area contributed by atoms with Crippen LogP contribution >= 0.6 is 11.5 Å². The van der Waals surface area contributed by atoms with Gasteiger partial charge in [-0.3, -0.25) is 9.78 Å². The maximum Gasteiger partial charge on any atom is 0.274 e. The molecule has 3 aromatic rings. The number of carbonyl (C=O) groups excluding carboxylic acids is 1. The Kier molecular flexibility index (Phi) is 3.75. The minimum atomic E-state index is -0.227. The fraction of sp³-hybridized carbons (Fsp3) is 0.0625. The van der Waals surface area contributed by atoms with E-state index in [4.69, 9.17) is 0 Å². The van der Waals surface area contributed by atoms with E-state index in [0.29, 0.717) is 10.7 Å². The van der Waals surface area contributed by atoms with Crippen molar-refractivity contribution in [2.24, 2.45) is 0 Å². The highest BCUT2D eigenvalue weighted by Gasteiger charge is 2.10. The lowest BCUT2D eigenvalue weighted by atomic mass is 10.1. The topological polar surface area (TPSA) is 54.9 Å². The zero-order valence-corrected chi connectivity index (χ0v) is 12.2. The van der Waals surface area contributed by atoms with Crippen molar-refractivity contribution in [3.8, 4) is 11.3 Å². The SMILES string of the molecule is Cc1ccc(-c2cc(NC(=O)c3ccccn3)sn2)cc1. The van der Waals surface area contributed by atoms with Gasteiger partial charge in [0.25, 0.3) is 5.91 Å². The molecule has 4 nitrogen and oxygen atoms in total. The number of hydrogen-bond acceptors (Lipinski definition) is 4. The lowest BCUT2D eigenvalue weighted by Crippen LogP contribution is -2.12. The van der Waals surface area contributed by atoms with Gasteiger partial charge in [0.05, 0.1) is 5.69 Å². The zero-order valence-electron chi connectivity index (χ0n) is 11.4. The summed E-state index contributed by atoms with van der Waals surface area (Å²) in [6.45, 7) is 2.04. The van der Waals surface area contributed by atoms with Gasteiger partial charge in [-0.1, -0.05) is 35.9 Å². The first kappa shape index (κ1) is 13.5. The molecule has 0 aliphatic carbocycles. The zero-order chi connectivity index (χ0) is 14.7. The standard InChI is InChI=1S/C16H13N3OS/c1-11-5-7-12(8-6-11)14-10-15(21-19-14)18-16(20)13-4-2-3-9-17-13/h2-10H,1H3,(H,18,20). The van der Waals surface area contributed by atoms with Gasteiger partial charge in [-0.25, -0.2) is 0 Å². The summed E-state index contributed by atoms with van der Waals surface area (Å²) >= 11 is 1.26. The van der Waals surface area contributed by atoms with Crippen molar-refractivity contribution < 1.29 is 4.79 Å². The van der Waals surface area contributed by atoms with E-state index in [-0.39, 0.29) is 5.91 Å². The Morgan fingerprint density at radius 2 is 1.95 bits per heavy atom. The number of nitrogens with one attached hydrogen (secondary N) is 1. The molecule has 0 unspecified atom stereocenters. The molecule has 0 atom stereocenters. The number of hydrogen-bond donors (Lipinski definition) is 1. The predicted octanol–water partition coefficient (Wildman–Crippen LogP) is 3.77. The summed E-state index contributed by atoms with van der Waals surface area (Å²) in [6.07, 6.45) is 1.60. The molecular formula is C16H13N3OS. The molecule has 0 aliphatic heterocycles. The van der Waals surface area contributed by atoms with Crippen molar-refractivity contribution in [3.63, 3.8) is 0 Å². The normalized spacial score (nSPS) is 10.3. The third-order valence-electron chi connectivity index (χ3n) is 2.99. The van der Waals surface area contributed by atoms with Crippen LogP contribution in [0.3, 0.4) is 0 Å². The Bertz CT molecular complexity index is 751. The van der Waals surface area contributed by atoms with Crippen LogP contribution in [-0.4, -0.2) is 15.3 Å². The van der Waals surface area contributed by atoms with E-state index in [1.54, 1.807) is 24.4 Å². The first-order valence-corrected chi connectivity index (χ1v) is 7.26. The second-order valence-electron chi connectivity index (χ2n) is 4.61. The molecule has 2 heterocycles. The molecule has 5 heteroatoms. The second kappa shape index (κ2) is 5.85. The van der Waals surface area contributed by atoms with Gasteiger partial charge >= 0.3 is 0 Å². The molecular weight excluding hydrogens is 282 g/mol. The van der Waals surface area contributed by atoms with Crippen molar-refractivity contribution in [2.45, 2.75) is 6.92 Å². The van der Waals surface area contributed by atoms with Gasteiger partial charge in [-0.05, 0) is 30.6 Å². The summed E-state index contributed by atoms with van der Waals surface area (Å²) in [5.41, 5.74) is 3.49. The van der Waals surface area contributed by atoms with Crippen molar-refractivity contribution in [1.29, 1.82) is 0 Å². The van der Waals surface area contributed by atoms with Crippen LogP contribution in [0.2, 0.25) is 0 Å². The van der Waals surface area contributed by atoms with Gasteiger partial charge in [0, 0.05) is 17.8 Å². The summed E-state index contributed by atoms with van der Waals surface area (Å²) in [5.74, 6) is -0.227. The predicted molar refractivity (Wildman–Crippen MR) is 84.5 cm³/mol. The fourth-order valence-corrected chi connectivity index (χ4v) is 2.52. The van der Waals surface area contributed by atoms with Gasteiger partial charge in [-0.2, -0.15) is 4.37 Å². The number of nitrogens with zero attached hydrogens (tertiary/aromatic N) is 2. The Morgan fingerprint density at radius 3 is 2.67 bits per heavy atom. The Balaban J connectivity index is 1.76. The molecule has 1 aromatic carbocycles. The molecule has 1 amide bonds. The molecule has 2 aromatic heterocycles. The van der Waals surface area contributed by atoms with E-state index >= 15 is 0 Å². The molecule has 1 N–H and O–H groups in total. The first-order valence-electron chi connectivity index (χ1n) is 6.48. The van der Waals surface area contributed by atoms with Crippen LogP contribution in [-0.2, 0) is 0 Å². The van der Waals surface area contributed by atoms with E-state index < -0.39 is 0 Å². The summed E-state index contributed by atoms with van der Waals surface area (Å²) < 4.78 is 4.37. The summed E-state index contributed by atoms with van der Waals surface area (Å²) in [4.78, 5) is 16.0. The van der Waals surface area contributed by atoms with Gasteiger partial charge in [-0.15, -0.1) is 0 Å². The summed E-state index contributed by atoms with van der Waals surface area (Å²) in [6, 6.07) is 15.2. The van der Waals surface area contributed by atoms with Crippen LogP contribution in [0.1, 0.15) is 16.1 Å². The fourth-order valence-electron chi connectivity index (χ4n) is 1.87. The van der Waals surface area contributed by atoms with Crippen molar-refractivity contribution >= 4 is 22.4 Å². The van der Waals surface area contributed by atoms with Crippen LogP contribution in [0.25, 0.3) is 11.3 Å². The van der Waals surface area contributed by atoms with E-state index in [1.807, 2.05) is 37.3 Å². The molecule has 0 fully saturated rings. The van der Waals surface area contributed by atoms with Crippen LogP contribution in [0.4, 0.5) is 5.00 Å². The van der Waals surface area contributed by atoms with Crippen molar-refractivity contribution in [2.75, 3.05) is 5.32 Å². The number of amides is 1. The first-order chi connectivity index (χ1) is 10.2. The van der Waals surface area contributed by atoms with Crippen molar-refractivity contribution in [1.82, 2.24) is 9.36 Å². The van der Waals surface area contributed by atoms with Gasteiger partial charge in [0.15, 0.2) is 0 Å². The molecule has 0 radical (unpaired) electrons. The number of carbonyl (C=O) groups is 1. The van der Waals surface area contributed by atoms with E-state index in [9.17, 15) is 4.79 Å². The average Bonchev–Trinajstić information content (AvgIpc) is 2.97. The Morgan fingerprint density at radius 1 is 1.14 bits per heavy atom. The largest absolute Gasteiger partial charge is 0.311 e. The Hall–Kier alpha value is -2.53. The van der Waals surface area contributed by atoms with Gasteiger partial charge < -0.3 is 5.32 Å². The highest BCUT2D eigenvalue weighted by atomic mass is 32.1. The summed E-state index contributed by atoms with van der Waals surface area (Å²) in [5, 5.41) is 3.52. The molecule has 0 aliphatic rings. The molecule has 0 saturated carbocycles. The number of pyridine rings is 1. The highest BCUT2D eigenvalue weighted by molar-refractivity contribution is 7.10. The lowest BCUT2D eigenvalue weighted by Gasteiger charge is -2.00. The minimum absolute atomic E-state index is 0.227. The number of rotatable bonds is 3. The number of anilines is 1.